The fourth-order valence-electron chi connectivity index (χ4n) is 3.10. The summed E-state index contributed by atoms with van der Waals surface area (Å²) in [4.78, 5) is 1.49. The minimum Gasteiger partial charge on any atom is -0.310 e. The number of nitrogens with one attached hydrogen (secondary N) is 1. The first-order valence-electron chi connectivity index (χ1n) is 6.51. The van der Waals surface area contributed by atoms with Gasteiger partial charge in [-0.15, -0.1) is 11.3 Å². The van der Waals surface area contributed by atoms with Gasteiger partial charge in [0.15, 0.2) is 0 Å². The molecule has 1 heterocycles. The maximum Gasteiger partial charge on any atom is 0.0362 e. The normalized spacial score (nSPS) is 27.2. The zero-order chi connectivity index (χ0) is 11.5. The largest absolute Gasteiger partial charge is 0.310 e. The van der Waals surface area contributed by atoms with Crippen LogP contribution in [-0.4, -0.2) is 6.54 Å². The van der Waals surface area contributed by atoms with Crippen LogP contribution in [0, 0.1) is 18.8 Å². The maximum absolute atomic E-state index is 3.70. The molecule has 3 unspecified atom stereocenters. The van der Waals surface area contributed by atoms with E-state index < -0.39 is 0 Å². The molecule has 1 aliphatic carbocycles. The molecule has 1 aliphatic rings. The van der Waals surface area contributed by atoms with Crippen molar-refractivity contribution in [3.8, 4) is 0 Å². The summed E-state index contributed by atoms with van der Waals surface area (Å²) in [7, 11) is 0. The van der Waals surface area contributed by atoms with E-state index in [2.05, 4.69) is 37.5 Å². The van der Waals surface area contributed by atoms with Crippen LogP contribution in [0.5, 0.6) is 0 Å². The topological polar surface area (TPSA) is 12.0 Å². The van der Waals surface area contributed by atoms with E-state index in [1.165, 1.54) is 24.1 Å². The zero-order valence-corrected chi connectivity index (χ0v) is 11.4. The molecule has 0 amide bonds. The van der Waals surface area contributed by atoms with Crippen molar-refractivity contribution < 1.29 is 0 Å². The Bertz CT molecular complexity index is 331. The molecule has 2 rings (SSSR count). The fraction of sp³-hybridized carbons (Fsp3) is 0.714. The second-order valence-electron chi connectivity index (χ2n) is 5.04. The van der Waals surface area contributed by atoms with Crippen LogP contribution in [0.15, 0.2) is 11.4 Å². The molecule has 1 nitrogen and oxygen atoms in total. The van der Waals surface area contributed by atoms with Gasteiger partial charge in [0.2, 0.25) is 0 Å². The zero-order valence-electron chi connectivity index (χ0n) is 10.6. The van der Waals surface area contributed by atoms with Crippen molar-refractivity contribution in [3.05, 3.63) is 21.9 Å². The van der Waals surface area contributed by atoms with Crippen molar-refractivity contribution in [2.75, 3.05) is 6.54 Å². The first kappa shape index (κ1) is 12.1. The average Bonchev–Trinajstić information content (AvgIpc) is 2.84. The molecule has 3 atom stereocenters. The molecule has 1 aromatic heterocycles. The molecule has 16 heavy (non-hydrogen) atoms. The molecule has 0 spiro atoms. The van der Waals surface area contributed by atoms with E-state index in [0.717, 1.165) is 18.4 Å². The minimum atomic E-state index is 0.591. The summed E-state index contributed by atoms with van der Waals surface area (Å²) in [6.07, 6.45) is 4.22. The maximum atomic E-state index is 3.70. The van der Waals surface area contributed by atoms with Gasteiger partial charge < -0.3 is 5.32 Å². The highest BCUT2D eigenvalue weighted by molar-refractivity contribution is 7.10. The summed E-state index contributed by atoms with van der Waals surface area (Å²) in [5.41, 5.74) is 1.55. The van der Waals surface area contributed by atoms with Gasteiger partial charge in [-0.3, -0.25) is 0 Å². The van der Waals surface area contributed by atoms with Crippen molar-refractivity contribution in [3.63, 3.8) is 0 Å². The van der Waals surface area contributed by atoms with Crippen LogP contribution < -0.4 is 5.32 Å². The Hall–Kier alpha value is -0.340. The van der Waals surface area contributed by atoms with Gasteiger partial charge in [-0.25, -0.2) is 0 Å². The summed E-state index contributed by atoms with van der Waals surface area (Å²) in [6.45, 7) is 7.96. The lowest BCUT2D eigenvalue weighted by Crippen LogP contribution is -2.29. The molecule has 0 radical (unpaired) electrons. The number of thiophene rings is 1. The summed E-state index contributed by atoms with van der Waals surface area (Å²) in [5, 5.41) is 5.94. The van der Waals surface area contributed by atoms with Crippen LogP contribution >= 0.6 is 11.3 Å². The van der Waals surface area contributed by atoms with Crippen molar-refractivity contribution in [2.24, 2.45) is 11.8 Å². The number of hydrogen-bond acceptors (Lipinski definition) is 2. The fourth-order valence-corrected chi connectivity index (χ4v) is 3.85. The monoisotopic (exact) mass is 237 g/mol. The molecule has 1 fully saturated rings. The SMILES string of the molecule is CCNC(c1ccsc1C)C1CCCC1C. The second-order valence-corrected chi connectivity index (χ2v) is 6.16. The van der Waals surface area contributed by atoms with E-state index >= 15 is 0 Å². The van der Waals surface area contributed by atoms with Crippen LogP contribution in [0.4, 0.5) is 0 Å². The molecule has 1 N–H and O–H groups in total. The van der Waals surface area contributed by atoms with Crippen molar-refractivity contribution in [1.82, 2.24) is 5.32 Å². The number of rotatable bonds is 4. The molecule has 1 saturated carbocycles. The Morgan fingerprint density at radius 2 is 2.31 bits per heavy atom. The van der Waals surface area contributed by atoms with Crippen molar-refractivity contribution in [1.29, 1.82) is 0 Å². The van der Waals surface area contributed by atoms with E-state index in [9.17, 15) is 0 Å². The van der Waals surface area contributed by atoms with Gasteiger partial charge in [0, 0.05) is 10.9 Å². The lowest BCUT2D eigenvalue weighted by atomic mass is 9.86. The summed E-state index contributed by atoms with van der Waals surface area (Å²) >= 11 is 1.88. The average molecular weight is 237 g/mol. The van der Waals surface area contributed by atoms with Crippen LogP contribution in [-0.2, 0) is 0 Å². The van der Waals surface area contributed by atoms with Gasteiger partial charge in [0.05, 0.1) is 0 Å². The Morgan fingerprint density at radius 1 is 1.50 bits per heavy atom. The van der Waals surface area contributed by atoms with E-state index in [-0.39, 0.29) is 0 Å². The molecule has 0 aromatic carbocycles. The first-order valence-corrected chi connectivity index (χ1v) is 7.39. The highest BCUT2D eigenvalue weighted by atomic mass is 32.1. The third-order valence-corrected chi connectivity index (χ3v) is 4.88. The van der Waals surface area contributed by atoms with Gasteiger partial charge in [0.25, 0.3) is 0 Å². The summed E-state index contributed by atoms with van der Waals surface area (Å²) in [6, 6.07) is 2.91. The second kappa shape index (κ2) is 5.33. The predicted molar refractivity (Wildman–Crippen MR) is 72.0 cm³/mol. The Labute approximate surface area is 103 Å². The Balaban J connectivity index is 2.20. The molecule has 90 valence electrons. The molecular weight excluding hydrogens is 214 g/mol. The van der Waals surface area contributed by atoms with E-state index in [4.69, 9.17) is 0 Å². The Morgan fingerprint density at radius 3 is 2.81 bits per heavy atom. The standard InChI is InChI=1S/C14H23NS/c1-4-15-14(12-7-5-6-10(12)2)13-8-9-16-11(13)3/h8-10,12,14-15H,4-7H2,1-3H3. The Kier molecular flexibility index (Phi) is 4.04. The summed E-state index contributed by atoms with van der Waals surface area (Å²) in [5.74, 6) is 1.72. The molecule has 0 saturated heterocycles. The van der Waals surface area contributed by atoms with Crippen LogP contribution in [0.2, 0.25) is 0 Å². The molecule has 2 heteroatoms. The minimum absolute atomic E-state index is 0.591. The third kappa shape index (κ3) is 2.33. The highest BCUT2D eigenvalue weighted by Crippen LogP contribution is 2.41. The predicted octanol–water partition coefficient (Wildman–Crippen LogP) is 4.14. The smallest absolute Gasteiger partial charge is 0.0362 e. The molecule has 0 bridgehead atoms. The number of hydrogen-bond donors (Lipinski definition) is 1. The van der Waals surface area contributed by atoms with Crippen LogP contribution in [0.3, 0.4) is 0 Å². The van der Waals surface area contributed by atoms with Crippen LogP contribution in [0.1, 0.15) is 49.6 Å². The summed E-state index contributed by atoms with van der Waals surface area (Å²) < 4.78 is 0. The molecule has 0 aliphatic heterocycles. The van der Waals surface area contributed by atoms with Gasteiger partial charge in [-0.2, -0.15) is 0 Å². The molecular formula is C14H23NS. The number of aryl methyl sites for hydroxylation is 1. The van der Waals surface area contributed by atoms with E-state index in [1.54, 1.807) is 5.56 Å². The quantitative estimate of drug-likeness (QED) is 0.829. The molecule has 1 aromatic rings. The van der Waals surface area contributed by atoms with Crippen LogP contribution in [0.25, 0.3) is 0 Å². The first-order chi connectivity index (χ1) is 7.74. The lowest BCUT2D eigenvalue weighted by Gasteiger charge is -2.28. The van der Waals surface area contributed by atoms with Gasteiger partial charge in [-0.1, -0.05) is 26.7 Å². The van der Waals surface area contributed by atoms with E-state index in [0.29, 0.717) is 6.04 Å². The van der Waals surface area contributed by atoms with Gasteiger partial charge in [-0.05, 0) is 48.7 Å². The third-order valence-electron chi connectivity index (χ3n) is 4.01. The lowest BCUT2D eigenvalue weighted by molar-refractivity contribution is 0.305. The highest BCUT2D eigenvalue weighted by Gasteiger charge is 2.32. The van der Waals surface area contributed by atoms with Crippen molar-refractivity contribution in [2.45, 2.75) is 46.1 Å². The van der Waals surface area contributed by atoms with E-state index in [1.807, 2.05) is 11.3 Å². The van der Waals surface area contributed by atoms with Gasteiger partial charge in [0.1, 0.15) is 0 Å². The van der Waals surface area contributed by atoms with Gasteiger partial charge >= 0.3 is 0 Å². The van der Waals surface area contributed by atoms with Crippen molar-refractivity contribution >= 4 is 11.3 Å².